The van der Waals surface area contributed by atoms with E-state index in [4.69, 9.17) is 0 Å². The summed E-state index contributed by atoms with van der Waals surface area (Å²) in [6.45, 7) is 15.2. The molecule has 0 aliphatic rings. The van der Waals surface area contributed by atoms with Gasteiger partial charge in [-0.05, 0) is 38.5 Å². The standard InChI is InChI=1S/C38H75N3O3/c1-6-10-14-18-22-30-40(31-23-19-15-11-7-2)37(43)28-26-34-39(36(5)42)35-27-29-38(44)41(32-24-20-16-12-8-3)33-25-21-17-13-9-4/h6-35H2,1-5H3. The highest BCUT2D eigenvalue weighted by Crippen LogP contribution is 2.12. The van der Waals surface area contributed by atoms with Crippen LogP contribution >= 0.6 is 0 Å². The van der Waals surface area contributed by atoms with E-state index >= 15 is 0 Å². The Hall–Kier alpha value is -1.59. The van der Waals surface area contributed by atoms with Gasteiger partial charge in [-0.2, -0.15) is 0 Å². The predicted molar refractivity (Wildman–Crippen MR) is 189 cm³/mol. The SMILES string of the molecule is CCCCCCCN(CCCCCCC)C(=O)CCCN(CCCC(=O)N(CCCCCCC)CCCCCCC)C(C)=O. The van der Waals surface area contributed by atoms with Gasteiger partial charge in [-0.1, -0.05) is 130 Å². The van der Waals surface area contributed by atoms with Gasteiger partial charge in [0.2, 0.25) is 17.7 Å². The molecule has 6 nitrogen and oxygen atoms in total. The molecule has 0 aromatic rings. The Morgan fingerprint density at radius 1 is 0.341 bits per heavy atom. The van der Waals surface area contributed by atoms with Crippen LogP contribution in [-0.2, 0) is 14.4 Å². The number of hydrogen-bond acceptors (Lipinski definition) is 3. The minimum absolute atomic E-state index is 0.0392. The first kappa shape index (κ1) is 42.4. The van der Waals surface area contributed by atoms with Gasteiger partial charge in [-0.3, -0.25) is 14.4 Å². The molecule has 0 aliphatic heterocycles. The summed E-state index contributed by atoms with van der Waals surface area (Å²) >= 11 is 0. The first-order chi connectivity index (χ1) is 21.4. The van der Waals surface area contributed by atoms with Gasteiger partial charge in [0.1, 0.15) is 0 Å². The van der Waals surface area contributed by atoms with Crippen molar-refractivity contribution < 1.29 is 14.4 Å². The molecule has 260 valence electrons. The molecule has 3 amide bonds. The second-order valence-corrected chi connectivity index (χ2v) is 13.1. The molecule has 0 unspecified atom stereocenters. The number of carbonyl (C=O) groups excluding carboxylic acids is 3. The number of rotatable bonds is 32. The van der Waals surface area contributed by atoms with Crippen molar-refractivity contribution >= 4 is 17.7 Å². The van der Waals surface area contributed by atoms with Gasteiger partial charge in [0.25, 0.3) is 0 Å². The van der Waals surface area contributed by atoms with Gasteiger partial charge in [0, 0.05) is 59.0 Å². The monoisotopic (exact) mass is 622 g/mol. The fourth-order valence-electron chi connectivity index (χ4n) is 5.93. The van der Waals surface area contributed by atoms with E-state index < -0.39 is 0 Å². The third-order valence-corrected chi connectivity index (χ3v) is 8.91. The van der Waals surface area contributed by atoms with Crippen molar-refractivity contribution in [3.63, 3.8) is 0 Å². The fourth-order valence-corrected chi connectivity index (χ4v) is 5.93. The molecule has 0 fully saturated rings. The van der Waals surface area contributed by atoms with Gasteiger partial charge in [0.15, 0.2) is 0 Å². The Morgan fingerprint density at radius 2 is 0.591 bits per heavy atom. The Morgan fingerprint density at radius 3 is 0.841 bits per heavy atom. The summed E-state index contributed by atoms with van der Waals surface area (Å²) < 4.78 is 0. The normalized spacial score (nSPS) is 11.1. The summed E-state index contributed by atoms with van der Waals surface area (Å²) in [5.74, 6) is 0.517. The highest BCUT2D eigenvalue weighted by atomic mass is 16.2. The maximum Gasteiger partial charge on any atom is 0.222 e. The number of amides is 3. The highest BCUT2D eigenvalue weighted by Gasteiger charge is 2.17. The topological polar surface area (TPSA) is 60.9 Å². The zero-order valence-electron chi connectivity index (χ0n) is 30.3. The van der Waals surface area contributed by atoms with Crippen LogP contribution in [0.25, 0.3) is 0 Å². The molecule has 0 aromatic heterocycles. The molecule has 0 spiro atoms. The summed E-state index contributed by atoms with van der Waals surface area (Å²) in [5.41, 5.74) is 0. The average molecular weight is 622 g/mol. The van der Waals surface area contributed by atoms with Crippen molar-refractivity contribution in [2.45, 2.75) is 189 Å². The first-order valence-corrected chi connectivity index (χ1v) is 19.2. The summed E-state index contributed by atoms with van der Waals surface area (Å²) in [6.07, 6.45) is 26.5. The van der Waals surface area contributed by atoms with E-state index in [2.05, 4.69) is 37.5 Å². The Kier molecular flexibility index (Phi) is 30.3. The van der Waals surface area contributed by atoms with Gasteiger partial charge in [-0.25, -0.2) is 0 Å². The molecule has 0 saturated heterocycles. The molecule has 0 N–H and O–H groups in total. The van der Waals surface area contributed by atoms with E-state index in [1.54, 1.807) is 6.92 Å². The number of hydrogen-bond donors (Lipinski definition) is 0. The Bertz CT molecular complexity index is 606. The van der Waals surface area contributed by atoms with Crippen LogP contribution < -0.4 is 0 Å². The molecule has 0 radical (unpaired) electrons. The molecule has 0 atom stereocenters. The lowest BCUT2D eigenvalue weighted by molar-refractivity contribution is -0.133. The van der Waals surface area contributed by atoms with Gasteiger partial charge < -0.3 is 14.7 Å². The minimum atomic E-state index is 0.0392. The highest BCUT2D eigenvalue weighted by molar-refractivity contribution is 5.77. The van der Waals surface area contributed by atoms with Crippen LogP contribution in [0.4, 0.5) is 0 Å². The summed E-state index contributed by atoms with van der Waals surface area (Å²) in [5, 5.41) is 0. The quantitative estimate of drug-likeness (QED) is 0.0702. The lowest BCUT2D eigenvalue weighted by Crippen LogP contribution is -2.36. The van der Waals surface area contributed by atoms with E-state index in [1.807, 2.05) is 4.90 Å². The summed E-state index contributed by atoms with van der Waals surface area (Å²) in [6, 6.07) is 0. The smallest absolute Gasteiger partial charge is 0.222 e. The van der Waals surface area contributed by atoms with Crippen molar-refractivity contribution in [2.75, 3.05) is 39.3 Å². The Labute approximate surface area is 274 Å². The summed E-state index contributed by atoms with van der Waals surface area (Å²) in [7, 11) is 0. The van der Waals surface area contributed by atoms with Crippen molar-refractivity contribution in [3.8, 4) is 0 Å². The lowest BCUT2D eigenvalue weighted by atomic mass is 10.1. The van der Waals surface area contributed by atoms with E-state index in [-0.39, 0.29) is 17.7 Å². The molecule has 0 aromatic carbocycles. The van der Waals surface area contributed by atoms with Crippen molar-refractivity contribution in [1.29, 1.82) is 0 Å². The van der Waals surface area contributed by atoms with Crippen LogP contribution in [0.3, 0.4) is 0 Å². The zero-order valence-corrected chi connectivity index (χ0v) is 30.3. The van der Waals surface area contributed by atoms with E-state index in [1.165, 1.54) is 103 Å². The van der Waals surface area contributed by atoms with E-state index in [0.717, 1.165) is 51.9 Å². The van der Waals surface area contributed by atoms with Gasteiger partial charge in [0.05, 0.1) is 0 Å². The van der Waals surface area contributed by atoms with Gasteiger partial charge >= 0.3 is 0 Å². The molecule has 0 saturated carbocycles. The molecule has 0 aliphatic carbocycles. The van der Waals surface area contributed by atoms with Crippen LogP contribution in [0, 0.1) is 0 Å². The minimum Gasteiger partial charge on any atom is -0.343 e. The molecule has 0 bridgehead atoms. The maximum absolute atomic E-state index is 13.2. The van der Waals surface area contributed by atoms with Crippen LogP contribution in [0.5, 0.6) is 0 Å². The third-order valence-electron chi connectivity index (χ3n) is 8.91. The van der Waals surface area contributed by atoms with Gasteiger partial charge in [-0.15, -0.1) is 0 Å². The molecular weight excluding hydrogens is 546 g/mol. The van der Waals surface area contributed by atoms with Crippen LogP contribution in [0.15, 0.2) is 0 Å². The average Bonchev–Trinajstić information content (AvgIpc) is 3.01. The lowest BCUT2D eigenvalue weighted by Gasteiger charge is -2.25. The third kappa shape index (κ3) is 24.7. The molecule has 0 heterocycles. The number of unbranched alkanes of at least 4 members (excludes halogenated alkanes) is 16. The van der Waals surface area contributed by atoms with Crippen molar-refractivity contribution in [3.05, 3.63) is 0 Å². The molecule has 44 heavy (non-hydrogen) atoms. The predicted octanol–water partition coefficient (Wildman–Crippen LogP) is 9.93. The largest absolute Gasteiger partial charge is 0.343 e. The maximum atomic E-state index is 13.2. The second-order valence-electron chi connectivity index (χ2n) is 13.1. The zero-order chi connectivity index (χ0) is 32.7. The second kappa shape index (κ2) is 31.4. The first-order valence-electron chi connectivity index (χ1n) is 19.2. The van der Waals surface area contributed by atoms with Crippen molar-refractivity contribution in [1.82, 2.24) is 14.7 Å². The van der Waals surface area contributed by atoms with Crippen LogP contribution in [0.2, 0.25) is 0 Å². The fraction of sp³-hybridized carbons (Fsp3) is 0.921. The van der Waals surface area contributed by atoms with Crippen LogP contribution in [-0.4, -0.2) is 71.7 Å². The molecular formula is C38H75N3O3. The summed E-state index contributed by atoms with van der Waals surface area (Å²) in [4.78, 5) is 44.8. The number of carbonyl (C=O) groups is 3. The Balaban J connectivity index is 4.74. The van der Waals surface area contributed by atoms with E-state index in [9.17, 15) is 14.4 Å². The van der Waals surface area contributed by atoms with Crippen LogP contribution in [0.1, 0.15) is 189 Å². The van der Waals surface area contributed by atoms with Crippen molar-refractivity contribution in [2.24, 2.45) is 0 Å². The molecule has 6 heteroatoms. The molecule has 0 rings (SSSR count). The number of nitrogens with zero attached hydrogens (tertiary/aromatic N) is 3. The van der Waals surface area contributed by atoms with E-state index in [0.29, 0.717) is 38.8 Å².